The lowest BCUT2D eigenvalue weighted by molar-refractivity contribution is -0.140. The van der Waals surface area contributed by atoms with Gasteiger partial charge in [0.05, 0.1) is 6.04 Å². The van der Waals surface area contributed by atoms with Crippen molar-refractivity contribution in [1.29, 1.82) is 0 Å². The molecule has 140 valence electrons. The molecule has 28 heavy (non-hydrogen) atoms. The van der Waals surface area contributed by atoms with Crippen LogP contribution in [0.5, 0.6) is 0 Å². The summed E-state index contributed by atoms with van der Waals surface area (Å²) in [5.74, 6) is -2.57. The van der Waals surface area contributed by atoms with Crippen molar-refractivity contribution in [3.05, 3.63) is 101 Å². The number of amides is 1. The molecule has 3 aromatic rings. The van der Waals surface area contributed by atoms with Gasteiger partial charge in [-0.05, 0) is 41.0 Å². The van der Waals surface area contributed by atoms with Crippen LogP contribution in [0.2, 0.25) is 0 Å². The molecule has 0 saturated carbocycles. The molecule has 0 spiro atoms. The van der Waals surface area contributed by atoms with Crippen LogP contribution < -0.4 is 0 Å². The van der Waals surface area contributed by atoms with Crippen molar-refractivity contribution in [2.24, 2.45) is 0 Å². The molecule has 6 heteroatoms. The van der Waals surface area contributed by atoms with E-state index >= 15 is 0 Å². The van der Waals surface area contributed by atoms with E-state index in [-0.39, 0.29) is 18.3 Å². The summed E-state index contributed by atoms with van der Waals surface area (Å²) in [5, 5.41) is 10.0. The maximum Gasteiger partial charge on any atom is 0.313 e. The Labute approximate surface area is 161 Å². The Kier molecular flexibility index (Phi) is 4.61. The minimum atomic E-state index is -1.02. The first-order valence-corrected chi connectivity index (χ1v) is 8.83. The Bertz CT molecular complexity index is 1020. The van der Waals surface area contributed by atoms with E-state index in [0.29, 0.717) is 22.3 Å². The van der Waals surface area contributed by atoms with Gasteiger partial charge in [0.15, 0.2) is 0 Å². The number of carbonyl (C=O) groups excluding carboxylic acids is 1. The number of hydrogen-bond acceptors (Lipinski definition) is 3. The highest BCUT2D eigenvalue weighted by atomic mass is 19.1. The number of rotatable bonds is 4. The zero-order valence-corrected chi connectivity index (χ0v) is 14.8. The summed E-state index contributed by atoms with van der Waals surface area (Å²) in [6.07, 6.45) is 3.18. The highest BCUT2D eigenvalue weighted by Gasteiger charge is 2.44. The maximum absolute atomic E-state index is 13.3. The molecule has 2 aromatic carbocycles. The Morgan fingerprint density at radius 3 is 2.50 bits per heavy atom. The van der Waals surface area contributed by atoms with Crippen LogP contribution >= 0.6 is 0 Å². The van der Waals surface area contributed by atoms with Gasteiger partial charge in [0.1, 0.15) is 11.7 Å². The van der Waals surface area contributed by atoms with Crippen molar-refractivity contribution < 1.29 is 19.1 Å². The molecule has 0 radical (unpaired) electrons. The van der Waals surface area contributed by atoms with E-state index in [1.54, 1.807) is 60.9 Å². The van der Waals surface area contributed by atoms with Gasteiger partial charge in [-0.1, -0.05) is 36.4 Å². The van der Waals surface area contributed by atoms with Crippen LogP contribution in [0.4, 0.5) is 4.39 Å². The lowest BCUT2D eigenvalue weighted by atomic mass is 9.80. The van der Waals surface area contributed by atoms with Gasteiger partial charge < -0.3 is 10.0 Å². The van der Waals surface area contributed by atoms with Crippen molar-refractivity contribution in [1.82, 2.24) is 9.88 Å². The monoisotopic (exact) mass is 376 g/mol. The molecular weight excluding hydrogens is 359 g/mol. The van der Waals surface area contributed by atoms with Crippen molar-refractivity contribution in [3.63, 3.8) is 0 Å². The Morgan fingerprint density at radius 1 is 1.07 bits per heavy atom. The highest BCUT2D eigenvalue weighted by molar-refractivity contribution is 6.00. The number of halogens is 1. The molecule has 1 amide bonds. The zero-order chi connectivity index (χ0) is 19.7. The molecule has 0 bridgehead atoms. The molecule has 0 fully saturated rings. The second-order valence-corrected chi connectivity index (χ2v) is 6.69. The molecule has 1 N–H and O–H groups in total. The fourth-order valence-corrected chi connectivity index (χ4v) is 3.74. The summed E-state index contributed by atoms with van der Waals surface area (Å²) < 4.78 is 13.3. The van der Waals surface area contributed by atoms with Crippen molar-refractivity contribution in [3.8, 4) is 0 Å². The van der Waals surface area contributed by atoms with Crippen molar-refractivity contribution in [2.75, 3.05) is 0 Å². The standard InChI is InChI=1S/C22H17FN2O3/c23-16-9-7-14(8-10-16)13-25-20(15-4-3-11-24-12-15)19(22(27)28)17-5-1-2-6-18(17)21(25)26/h1-12,19-20H,13H2,(H,27,28)/t19-,20+/m0/s1. The first-order chi connectivity index (χ1) is 13.6. The summed E-state index contributed by atoms with van der Waals surface area (Å²) >= 11 is 0. The number of aliphatic carboxylic acids is 1. The molecule has 5 nitrogen and oxygen atoms in total. The smallest absolute Gasteiger partial charge is 0.313 e. The van der Waals surface area contributed by atoms with E-state index in [1.807, 2.05) is 0 Å². The van der Waals surface area contributed by atoms with Gasteiger partial charge in [-0.15, -0.1) is 0 Å². The van der Waals surface area contributed by atoms with Crippen LogP contribution in [0.25, 0.3) is 0 Å². The number of carbonyl (C=O) groups is 2. The molecule has 2 atom stereocenters. The van der Waals surface area contributed by atoms with Gasteiger partial charge in [0.25, 0.3) is 5.91 Å². The SMILES string of the molecule is O=C(O)[C@H]1c2ccccc2C(=O)N(Cc2ccc(F)cc2)[C@@H]1c1cccnc1. The van der Waals surface area contributed by atoms with E-state index in [4.69, 9.17) is 0 Å². The molecule has 0 saturated heterocycles. The van der Waals surface area contributed by atoms with Crippen LogP contribution in [-0.2, 0) is 11.3 Å². The molecular formula is C22H17FN2O3. The summed E-state index contributed by atoms with van der Waals surface area (Å²) in [7, 11) is 0. The fraction of sp³-hybridized carbons (Fsp3) is 0.136. The van der Waals surface area contributed by atoms with E-state index in [1.165, 1.54) is 17.0 Å². The van der Waals surface area contributed by atoms with E-state index in [2.05, 4.69) is 4.98 Å². The second kappa shape index (κ2) is 7.23. The van der Waals surface area contributed by atoms with Crippen LogP contribution in [0, 0.1) is 5.82 Å². The molecule has 1 aliphatic heterocycles. The number of carboxylic acids is 1. The summed E-state index contributed by atoms with van der Waals surface area (Å²) in [6, 6.07) is 15.4. The predicted molar refractivity (Wildman–Crippen MR) is 100 cm³/mol. The van der Waals surface area contributed by atoms with Gasteiger partial charge in [-0.25, -0.2) is 4.39 Å². The summed E-state index contributed by atoms with van der Waals surface area (Å²) in [4.78, 5) is 31.2. The largest absolute Gasteiger partial charge is 0.481 e. The molecule has 0 aliphatic carbocycles. The third-order valence-electron chi connectivity index (χ3n) is 5.00. The molecule has 1 aliphatic rings. The Morgan fingerprint density at radius 2 is 1.82 bits per heavy atom. The third-order valence-corrected chi connectivity index (χ3v) is 5.00. The van der Waals surface area contributed by atoms with E-state index < -0.39 is 17.9 Å². The average molecular weight is 376 g/mol. The quantitative estimate of drug-likeness (QED) is 0.752. The van der Waals surface area contributed by atoms with Crippen LogP contribution in [0.15, 0.2) is 73.1 Å². The normalized spacial score (nSPS) is 18.6. The summed E-state index contributed by atoms with van der Waals surface area (Å²) in [6.45, 7) is 0.163. The predicted octanol–water partition coefficient (Wildman–Crippen LogP) is 3.79. The van der Waals surface area contributed by atoms with Crippen molar-refractivity contribution >= 4 is 11.9 Å². The minimum Gasteiger partial charge on any atom is -0.481 e. The number of carboxylic acid groups (broad SMARTS) is 1. The number of aromatic nitrogens is 1. The fourth-order valence-electron chi connectivity index (χ4n) is 3.74. The van der Waals surface area contributed by atoms with Crippen LogP contribution in [0.1, 0.15) is 39.0 Å². The molecule has 1 aromatic heterocycles. The number of hydrogen-bond donors (Lipinski definition) is 1. The Hall–Kier alpha value is -3.54. The Balaban J connectivity index is 1.86. The average Bonchev–Trinajstić information content (AvgIpc) is 2.71. The molecule has 2 heterocycles. The second-order valence-electron chi connectivity index (χ2n) is 6.69. The van der Waals surface area contributed by atoms with Crippen LogP contribution in [-0.4, -0.2) is 26.9 Å². The lowest BCUT2D eigenvalue weighted by Gasteiger charge is -2.40. The van der Waals surface area contributed by atoms with Crippen LogP contribution in [0.3, 0.4) is 0 Å². The van der Waals surface area contributed by atoms with Gasteiger partial charge in [0, 0.05) is 24.5 Å². The van der Waals surface area contributed by atoms with Gasteiger partial charge in [0.2, 0.25) is 0 Å². The topological polar surface area (TPSA) is 70.5 Å². The zero-order valence-electron chi connectivity index (χ0n) is 14.8. The van der Waals surface area contributed by atoms with Gasteiger partial charge in [-0.2, -0.15) is 0 Å². The van der Waals surface area contributed by atoms with E-state index in [9.17, 15) is 19.1 Å². The summed E-state index contributed by atoms with van der Waals surface area (Å²) in [5.41, 5.74) is 2.22. The number of pyridine rings is 1. The maximum atomic E-state index is 13.3. The number of fused-ring (bicyclic) bond motifs is 1. The lowest BCUT2D eigenvalue weighted by Crippen LogP contribution is -2.44. The highest BCUT2D eigenvalue weighted by Crippen LogP contribution is 2.43. The first kappa shape index (κ1) is 17.9. The number of benzene rings is 2. The van der Waals surface area contributed by atoms with Crippen molar-refractivity contribution in [2.45, 2.75) is 18.5 Å². The first-order valence-electron chi connectivity index (χ1n) is 8.83. The third kappa shape index (κ3) is 3.13. The van der Waals surface area contributed by atoms with Gasteiger partial charge in [-0.3, -0.25) is 14.6 Å². The number of nitrogens with zero attached hydrogens (tertiary/aromatic N) is 2. The minimum absolute atomic E-state index is 0.163. The molecule has 0 unspecified atom stereocenters. The van der Waals surface area contributed by atoms with E-state index in [0.717, 1.165) is 0 Å². The van der Waals surface area contributed by atoms with Gasteiger partial charge >= 0.3 is 5.97 Å². The molecule has 4 rings (SSSR count).